The van der Waals surface area contributed by atoms with Crippen LogP contribution in [-0.4, -0.2) is 30.1 Å². The smallest absolute Gasteiger partial charge is 0.240 e. The molecule has 136 valence electrons. The number of hydrogen-bond acceptors (Lipinski definition) is 4. The van der Waals surface area contributed by atoms with Crippen LogP contribution in [0.1, 0.15) is 40.5 Å². The van der Waals surface area contributed by atoms with Gasteiger partial charge in [0.15, 0.2) is 11.5 Å². The molecule has 0 unspecified atom stereocenters. The van der Waals surface area contributed by atoms with Crippen LogP contribution < -0.4 is 20.1 Å². The molecule has 0 saturated carbocycles. The molecule has 7 nitrogen and oxygen atoms in total. The molecular weight excluding hydrogens is 334 g/mol. The van der Waals surface area contributed by atoms with Crippen molar-refractivity contribution < 1.29 is 19.1 Å². The van der Waals surface area contributed by atoms with E-state index in [0.717, 1.165) is 28.1 Å². The number of amides is 2. The number of hydrogen-bond donors (Lipinski definition) is 3. The number of benzene rings is 1. The maximum atomic E-state index is 12.4. The van der Waals surface area contributed by atoms with E-state index in [1.165, 1.54) is 0 Å². The summed E-state index contributed by atoms with van der Waals surface area (Å²) >= 11 is 0. The van der Waals surface area contributed by atoms with Crippen molar-refractivity contribution >= 4 is 11.8 Å². The first-order valence-corrected chi connectivity index (χ1v) is 8.66. The molecule has 1 atom stereocenters. The fraction of sp³-hybridized carbons (Fsp3) is 0.368. The lowest BCUT2D eigenvalue weighted by Crippen LogP contribution is -2.40. The lowest BCUT2D eigenvalue weighted by Gasteiger charge is -2.22. The highest BCUT2D eigenvalue weighted by Gasteiger charge is 2.27. The Morgan fingerprint density at radius 1 is 1.04 bits per heavy atom. The molecule has 0 saturated heterocycles. The van der Waals surface area contributed by atoms with Gasteiger partial charge in [-0.3, -0.25) is 9.59 Å². The Kier molecular flexibility index (Phi) is 4.06. The molecule has 0 aliphatic carbocycles. The zero-order chi connectivity index (χ0) is 18.3. The van der Waals surface area contributed by atoms with Gasteiger partial charge in [0.1, 0.15) is 0 Å². The van der Waals surface area contributed by atoms with Gasteiger partial charge in [-0.15, -0.1) is 0 Å². The van der Waals surface area contributed by atoms with E-state index in [-0.39, 0.29) is 31.2 Å². The summed E-state index contributed by atoms with van der Waals surface area (Å²) in [6.07, 6.45) is 0.973. The molecule has 0 spiro atoms. The topological polar surface area (TPSA) is 92.5 Å². The molecule has 7 heteroatoms. The largest absolute Gasteiger partial charge is 0.454 e. The average Bonchev–Trinajstić information content (AvgIpc) is 3.20. The number of nitrogens with one attached hydrogen (secondary N) is 3. The standard InChI is InChI=1S/C19H21N3O4/c1-10-11(2)21-19-13(10)4-6-16(23)20-8-17(24)22-18(19)12-3-5-14-15(7-12)26-9-25-14/h3,5,7,18,21H,4,6,8-9H2,1-2H3,(H,20,23)(H,22,24)/t18-/m1/s1. The van der Waals surface area contributed by atoms with E-state index in [2.05, 4.69) is 15.6 Å². The predicted molar refractivity (Wildman–Crippen MR) is 94.1 cm³/mol. The van der Waals surface area contributed by atoms with Crippen molar-refractivity contribution in [3.63, 3.8) is 0 Å². The van der Waals surface area contributed by atoms with Crippen molar-refractivity contribution in [3.8, 4) is 11.5 Å². The fourth-order valence-corrected chi connectivity index (χ4v) is 3.50. The van der Waals surface area contributed by atoms with Crippen LogP contribution in [0.2, 0.25) is 0 Å². The summed E-state index contributed by atoms with van der Waals surface area (Å²) in [6, 6.07) is 5.33. The third-order valence-electron chi connectivity index (χ3n) is 5.03. The maximum Gasteiger partial charge on any atom is 0.240 e. The minimum absolute atomic E-state index is 0.0338. The van der Waals surface area contributed by atoms with Crippen molar-refractivity contribution in [2.75, 3.05) is 13.3 Å². The third kappa shape index (κ3) is 2.89. The zero-order valence-electron chi connectivity index (χ0n) is 14.8. The second-order valence-electron chi connectivity index (χ2n) is 6.66. The van der Waals surface area contributed by atoms with Gasteiger partial charge in [0.05, 0.1) is 12.6 Å². The molecule has 3 heterocycles. The van der Waals surface area contributed by atoms with Crippen LogP contribution in [0.25, 0.3) is 0 Å². The van der Waals surface area contributed by atoms with E-state index in [1.54, 1.807) is 0 Å². The van der Waals surface area contributed by atoms with Crippen LogP contribution in [0.15, 0.2) is 18.2 Å². The number of carbonyl (C=O) groups is 2. The van der Waals surface area contributed by atoms with E-state index in [4.69, 9.17) is 9.47 Å². The van der Waals surface area contributed by atoms with Gasteiger partial charge in [-0.2, -0.15) is 0 Å². The minimum atomic E-state index is -0.352. The van der Waals surface area contributed by atoms with Crippen LogP contribution in [0.4, 0.5) is 0 Å². The van der Waals surface area contributed by atoms with Gasteiger partial charge in [0.2, 0.25) is 18.6 Å². The van der Waals surface area contributed by atoms with Crippen LogP contribution >= 0.6 is 0 Å². The molecule has 1 aromatic heterocycles. The Labute approximate surface area is 151 Å². The lowest BCUT2D eigenvalue weighted by molar-refractivity contribution is -0.126. The number of aromatic nitrogens is 1. The Hall–Kier alpha value is -2.96. The summed E-state index contributed by atoms with van der Waals surface area (Å²) in [5, 5.41) is 5.70. The van der Waals surface area contributed by atoms with Gasteiger partial charge >= 0.3 is 0 Å². The van der Waals surface area contributed by atoms with Gasteiger partial charge in [0.25, 0.3) is 0 Å². The Morgan fingerprint density at radius 3 is 2.69 bits per heavy atom. The van der Waals surface area contributed by atoms with Crippen molar-refractivity contribution in [2.24, 2.45) is 0 Å². The molecule has 0 fully saturated rings. The van der Waals surface area contributed by atoms with Crippen LogP contribution in [-0.2, 0) is 16.0 Å². The monoisotopic (exact) mass is 355 g/mol. The van der Waals surface area contributed by atoms with E-state index in [1.807, 2.05) is 32.0 Å². The predicted octanol–water partition coefficient (Wildman–Crippen LogP) is 1.63. The molecule has 2 aliphatic heterocycles. The highest BCUT2D eigenvalue weighted by atomic mass is 16.7. The molecule has 1 aromatic carbocycles. The van der Waals surface area contributed by atoms with Crippen molar-refractivity contribution in [3.05, 3.63) is 46.3 Å². The first kappa shape index (κ1) is 16.5. The number of rotatable bonds is 1. The molecule has 2 amide bonds. The summed E-state index contributed by atoms with van der Waals surface area (Å²) < 4.78 is 10.9. The average molecular weight is 355 g/mol. The summed E-state index contributed by atoms with van der Waals surface area (Å²) in [5.74, 6) is 1.01. The van der Waals surface area contributed by atoms with Gasteiger partial charge in [-0.05, 0) is 49.1 Å². The molecule has 26 heavy (non-hydrogen) atoms. The number of aromatic amines is 1. The van der Waals surface area contributed by atoms with E-state index in [0.29, 0.717) is 24.3 Å². The lowest BCUT2D eigenvalue weighted by atomic mass is 9.95. The first-order chi connectivity index (χ1) is 12.5. The molecule has 2 aliphatic rings. The van der Waals surface area contributed by atoms with E-state index >= 15 is 0 Å². The van der Waals surface area contributed by atoms with Gasteiger partial charge in [-0.1, -0.05) is 6.07 Å². The highest BCUT2D eigenvalue weighted by molar-refractivity contribution is 5.85. The number of ether oxygens (including phenoxy) is 2. The van der Waals surface area contributed by atoms with Crippen LogP contribution in [0.5, 0.6) is 11.5 Å². The SMILES string of the molecule is Cc1[nH]c2c(c1C)CCC(=O)NCC(=O)N[C@@H]2c1ccc2c(c1)OCO2. The van der Waals surface area contributed by atoms with Gasteiger partial charge < -0.3 is 25.1 Å². The van der Waals surface area contributed by atoms with E-state index in [9.17, 15) is 9.59 Å². The molecule has 4 rings (SSSR count). The summed E-state index contributed by atoms with van der Waals surface area (Å²) in [7, 11) is 0. The van der Waals surface area contributed by atoms with Crippen LogP contribution in [0, 0.1) is 13.8 Å². The van der Waals surface area contributed by atoms with E-state index < -0.39 is 0 Å². The number of fused-ring (bicyclic) bond motifs is 2. The number of H-pyrrole nitrogens is 1. The molecule has 2 aromatic rings. The van der Waals surface area contributed by atoms with Gasteiger partial charge in [0, 0.05) is 17.8 Å². The Bertz CT molecular complexity index is 887. The molecule has 0 bridgehead atoms. The van der Waals surface area contributed by atoms with Crippen molar-refractivity contribution in [1.29, 1.82) is 0 Å². The number of carbonyl (C=O) groups excluding carboxylic acids is 2. The van der Waals surface area contributed by atoms with Crippen molar-refractivity contribution in [2.45, 2.75) is 32.7 Å². The normalized spacial score (nSPS) is 19.5. The molecule has 3 N–H and O–H groups in total. The Balaban J connectivity index is 1.81. The van der Waals surface area contributed by atoms with Gasteiger partial charge in [-0.25, -0.2) is 0 Å². The Morgan fingerprint density at radius 2 is 1.85 bits per heavy atom. The molecular formula is C19H21N3O4. The third-order valence-corrected chi connectivity index (χ3v) is 5.03. The number of aryl methyl sites for hydroxylation is 1. The second kappa shape index (κ2) is 6.40. The highest BCUT2D eigenvalue weighted by Crippen LogP contribution is 2.37. The summed E-state index contributed by atoms with van der Waals surface area (Å²) in [4.78, 5) is 27.7. The summed E-state index contributed by atoms with van der Waals surface area (Å²) in [6.45, 7) is 4.20. The maximum absolute atomic E-state index is 12.4. The fourth-order valence-electron chi connectivity index (χ4n) is 3.50. The second-order valence-corrected chi connectivity index (χ2v) is 6.66. The minimum Gasteiger partial charge on any atom is -0.454 e. The molecule has 0 radical (unpaired) electrons. The van der Waals surface area contributed by atoms with Crippen LogP contribution in [0.3, 0.4) is 0 Å². The quantitative estimate of drug-likeness (QED) is 0.725. The summed E-state index contributed by atoms with van der Waals surface area (Å²) in [5.41, 5.74) is 5.05. The zero-order valence-corrected chi connectivity index (χ0v) is 14.8. The van der Waals surface area contributed by atoms with Crippen molar-refractivity contribution in [1.82, 2.24) is 15.6 Å². The first-order valence-electron chi connectivity index (χ1n) is 8.66.